The van der Waals surface area contributed by atoms with Gasteiger partial charge >= 0.3 is 51.4 Å². The summed E-state index contributed by atoms with van der Waals surface area (Å²) in [6.45, 7) is 0. The van der Waals surface area contributed by atoms with Gasteiger partial charge in [0.05, 0.1) is 0 Å². The van der Waals surface area contributed by atoms with E-state index in [9.17, 15) is 0 Å². The first-order valence-electron chi connectivity index (χ1n) is 1.25. The van der Waals surface area contributed by atoms with Gasteiger partial charge in [-0.05, 0) is 0 Å². The predicted molar refractivity (Wildman–Crippen MR) is 29.6 cm³/mol. The molecule has 0 spiro atoms. The van der Waals surface area contributed by atoms with Gasteiger partial charge < -0.3 is 0 Å². The Morgan fingerprint density at radius 1 is 1.50 bits per heavy atom. The quantitative estimate of drug-likeness (QED) is 0.471. The fourth-order valence-corrected chi connectivity index (χ4v) is 4.02. The molecular weight excluding hydrogens is 156 g/mol. The molecule has 0 fully saturated rings. The summed E-state index contributed by atoms with van der Waals surface area (Å²) in [6.07, 6.45) is 0. The van der Waals surface area contributed by atoms with Crippen LogP contribution in [0.25, 0.3) is 0 Å². The van der Waals surface area contributed by atoms with Crippen molar-refractivity contribution in [2.24, 2.45) is 0 Å². The maximum atomic E-state index is 2.18. The van der Waals surface area contributed by atoms with E-state index in [2.05, 4.69) is 11.6 Å². The zero-order valence-electron chi connectivity index (χ0n) is 3.50. The van der Waals surface area contributed by atoms with Crippen LogP contribution in [0.4, 0.5) is 0 Å². The summed E-state index contributed by atoms with van der Waals surface area (Å²) in [5, 5.41) is 0. The summed E-state index contributed by atoms with van der Waals surface area (Å²) in [4.78, 5) is 0. The van der Waals surface area contributed by atoms with Crippen LogP contribution < -0.4 is 51.4 Å². The van der Waals surface area contributed by atoms with Gasteiger partial charge in [-0.15, -0.1) is 11.6 Å². The molecule has 0 aliphatic carbocycles. The molecule has 1 aromatic rings. The Morgan fingerprint density at radius 2 is 2.33 bits per heavy atom. The monoisotopic (exact) mass is 158 g/mol. The van der Waals surface area contributed by atoms with Crippen LogP contribution in [-0.2, 0) is 0 Å². The molecule has 4 heteroatoms. The average Bonchev–Trinajstić information content (AvgIpc) is 1.76. The van der Waals surface area contributed by atoms with Crippen molar-refractivity contribution in [2.45, 2.75) is 0 Å². The summed E-state index contributed by atoms with van der Waals surface area (Å²) in [5.74, 6) is 4.37. The van der Waals surface area contributed by atoms with Crippen LogP contribution in [0, 0.1) is 0 Å². The minimum absolute atomic E-state index is 0. The van der Waals surface area contributed by atoms with Crippen molar-refractivity contribution in [2.75, 3.05) is 0 Å². The minimum Gasteiger partial charge on any atom is -0.282 e. The number of hydrogen-bond acceptors (Lipinski definition) is 0. The van der Waals surface area contributed by atoms with E-state index in [1.54, 1.807) is 0 Å². The molecule has 0 aliphatic rings. The second-order valence-electron chi connectivity index (χ2n) is 0.619. The van der Waals surface area contributed by atoms with E-state index in [0.717, 1.165) is 0 Å². The van der Waals surface area contributed by atoms with Gasteiger partial charge in [0, 0.05) is 0 Å². The Kier molecular flexibility index (Phi) is 7.47. The molecular formula is C2H2KP3. The second-order valence-corrected chi connectivity index (χ2v) is 5.39. The fraction of sp³-hybridized carbons (Fsp3) is 0. The Bertz CT molecular complexity index is 65.3. The molecule has 0 N–H and O–H groups in total. The van der Waals surface area contributed by atoms with Crippen molar-refractivity contribution in [3.63, 3.8) is 0 Å². The zero-order valence-corrected chi connectivity index (χ0v) is 9.30. The Labute approximate surface area is 84.6 Å². The van der Waals surface area contributed by atoms with E-state index >= 15 is 0 Å². The molecule has 0 amide bonds. The third kappa shape index (κ3) is 3.30. The predicted octanol–water partition coefficient (Wildman–Crippen LogP) is 0.150. The summed E-state index contributed by atoms with van der Waals surface area (Å²) in [7, 11) is 4.47. The van der Waals surface area contributed by atoms with Crippen molar-refractivity contribution in [3.05, 3.63) is 11.6 Å². The van der Waals surface area contributed by atoms with Crippen LogP contribution in [0.5, 0.6) is 0 Å². The van der Waals surface area contributed by atoms with E-state index < -0.39 is 0 Å². The Hall–Kier alpha value is 2.28. The van der Waals surface area contributed by atoms with Crippen LogP contribution in [0.3, 0.4) is 0 Å². The molecule has 0 saturated heterocycles. The van der Waals surface area contributed by atoms with Crippen molar-refractivity contribution in [1.29, 1.82) is 0 Å². The fourth-order valence-electron chi connectivity index (χ4n) is 0.149. The first-order chi connectivity index (χ1) is 2.50. The molecule has 1 aromatic heterocycles. The van der Waals surface area contributed by atoms with E-state index in [1.807, 2.05) is 0 Å². The Balaban J connectivity index is 0.000000250. The molecule has 0 aromatic carbocycles. The standard InChI is InChI=1S/C2H2P3.K/c1-2-4-5-3-1;/h1-2H;/q-1;+1. The first kappa shape index (κ1) is 8.28. The van der Waals surface area contributed by atoms with E-state index in [0.29, 0.717) is 0 Å². The van der Waals surface area contributed by atoms with E-state index in [-0.39, 0.29) is 51.4 Å². The van der Waals surface area contributed by atoms with Crippen molar-refractivity contribution in [3.8, 4) is 0 Å². The average molecular weight is 158 g/mol. The van der Waals surface area contributed by atoms with Crippen LogP contribution >= 0.6 is 23.3 Å². The molecule has 0 atom stereocenters. The summed E-state index contributed by atoms with van der Waals surface area (Å²) >= 11 is 0. The maximum absolute atomic E-state index is 2.18. The number of rotatable bonds is 0. The van der Waals surface area contributed by atoms with Crippen molar-refractivity contribution >= 4 is 23.3 Å². The van der Waals surface area contributed by atoms with Crippen molar-refractivity contribution < 1.29 is 51.4 Å². The van der Waals surface area contributed by atoms with Gasteiger partial charge in [-0.25, -0.2) is 7.55 Å². The van der Waals surface area contributed by atoms with Gasteiger partial charge in [0.2, 0.25) is 0 Å². The molecule has 1 heterocycles. The number of hydrogen-bond donors (Lipinski definition) is 0. The SMILES string of the molecule is [K+].c1c[p-]pp1. The third-order valence-electron chi connectivity index (χ3n) is 0.303. The molecule has 0 unspecified atom stereocenters. The summed E-state index contributed by atoms with van der Waals surface area (Å²) < 4.78 is 0. The molecule has 1 rings (SSSR count). The van der Waals surface area contributed by atoms with Gasteiger partial charge in [0.25, 0.3) is 0 Å². The second kappa shape index (κ2) is 5.41. The molecule has 0 nitrogen and oxygen atoms in total. The summed E-state index contributed by atoms with van der Waals surface area (Å²) in [6, 6.07) is 0. The maximum Gasteiger partial charge on any atom is 1.00 e. The van der Waals surface area contributed by atoms with Gasteiger partial charge in [0.15, 0.2) is 0 Å². The molecule has 0 aliphatic heterocycles. The van der Waals surface area contributed by atoms with Crippen LogP contribution in [-0.4, -0.2) is 0 Å². The molecule has 0 radical (unpaired) electrons. The topological polar surface area (TPSA) is 0 Å². The van der Waals surface area contributed by atoms with Gasteiger partial charge in [0.1, 0.15) is 0 Å². The minimum atomic E-state index is 0. The van der Waals surface area contributed by atoms with Crippen LogP contribution in [0.1, 0.15) is 0 Å². The van der Waals surface area contributed by atoms with Gasteiger partial charge in [-0.3, -0.25) is 15.7 Å². The Morgan fingerprint density at radius 3 is 2.50 bits per heavy atom. The molecule has 26 valence electrons. The van der Waals surface area contributed by atoms with Gasteiger partial charge in [-0.2, -0.15) is 0 Å². The third-order valence-corrected chi connectivity index (χ3v) is 4.59. The molecule has 0 saturated carbocycles. The van der Waals surface area contributed by atoms with Crippen LogP contribution in [0.2, 0.25) is 0 Å². The van der Waals surface area contributed by atoms with Crippen molar-refractivity contribution in [1.82, 2.24) is 0 Å². The zero-order chi connectivity index (χ0) is 3.54. The first-order valence-corrected chi connectivity index (χ1v) is 5.48. The van der Waals surface area contributed by atoms with E-state index in [1.165, 1.54) is 23.3 Å². The summed E-state index contributed by atoms with van der Waals surface area (Å²) in [5.41, 5.74) is 0. The van der Waals surface area contributed by atoms with E-state index in [4.69, 9.17) is 0 Å². The van der Waals surface area contributed by atoms with Gasteiger partial charge in [-0.1, -0.05) is 0 Å². The largest absolute Gasteiger partial charge is 1.00 e. The smallest absolute Gasteiger partial charge is 0.282 e. The normalized spacial score (nSPS) is 10.7. The van der Waals surface area contributed by atoms with Crippen LogP contribution in [0.15, 0.2) is 11.6 Å². The molecule has 6 heavy (non-hydrogen) atoms. The molecule has 0 bridgehead atoms.